The predicted molar refractivity (Wildman–Crippen MR) is 99.0 cm³/mol. The molecule has 1 N–H and O–H groups in total. The molecule has 1 aliphatic heterocycles. The summed E-state index contributed by atoms with van der Waals surface area (Å²) in [4.78, 5) is 26.9. The molecule has 0 radical (unpaired) electrons. The summed E-state index contributed by atoms with van der Waals surface area (Å²) in [7, 11) is 0. The molecule has 2 heterocycles. The molecule has 1 aromatic rings. The lowest BCUT2D eigenvalue weighted by molar-refractivity contribution is -0.121. The van der Waals surface area contributed by atoms with Crippen LogP contribution >= 0.6 is 0 Å². The monoisotopic (exact) mass is 365 g/mol. The number of likely N-dealkylation sites (tertiary alicyclic amines) is 1. The fourth-order valence-corrected chi connectivity index (χ4v) is 2.82. The van der Waals surface area contributed by atoms with Crippen molar-refractivity contribution in [3.05, 3.63) is 11.8 Å². The average Bonchev–Trinajstić information content (AvgIpc) is 2.81. The second kappa shape index (κ2) is 7.68. The number of amides is 2. The maximum absolute atomic E-state index is 12.8. The Bertz CT molecular complexity index is 640. The number of nitrogens with zero attached hydrogens (tertiary/aromatic N) is 2. The molecule has 2 rings (SSSR count). The van der Waals surface area contributed by atoms with Gasteiger partial charge in [-0.15, -0.1) is 0 Å². The van der Waals surface area contributed by atoms with Crippen LogP contribution in [0, 0.1) is 0 Å². The van der Waals surface area contributed by atoms with Crippen LogP contribution in [0.1, 0.15) is 73.0 Å². The van der Waals surface area contributed by atoms with Crippen LogP contribution in [0.15, 0.2) is 10.6 Å². The third-order valence-corrected chi connectivity index (χ3v) is 4.18. The Hall–Kier alpha value is -2.05. The van der Waals surface area contributed by atoms with E-state index in [1.54, 1.807) is 11.0 Å². The molecule has 0 unspecified atom stereocenters. The summed E-state index contributed by atoms with van der Waals surface area (Å²) in [5.74, 6) is 0.803. The molecule has 2 amide bonds. The highest BCUT2D eigenvalue weighted by Crippen LogP contribution is 2.25. The van der Waals surface area contributed by atoms with Crippen molar-refractivity contribution < 1.29 is 18.8 Å². The Labute approximate surface area is 155 Å². The van der Waals surface area contributed by atoms with Crippen molar-refractivity contribution in [3.8, 4) is 0 Å². The maximum atomic E-state index is 12.8. The topological polar surface area (TPSA) is 84.7 Å². The number of nitrogens with one attached hydrogen (secondary N) is 1. The fourth-order valence-electron chi connectivity index (χ4n) is 2.82. The van der Waals surface area contributed by atoms with E-state index in [9.17, 15) is 9.59 Å². The minimum atomic E-state index is -0.599. The third-order valence-electron chi connectivity index (χ3n) is 4.18. The first-order valence-corrected chi connectivity index (χ1v) is 9.25. The van der Waals surface area contributed by atoms with Crippen molar-refractivity contribution in [1.29, 1.82) is 0 Å². The number of hydrogen-bond acceptors (Lipinski definition) is 5. The number of anilines is 1. The molecule has 0 bridgehead atoms. The number of hydrogen-bond donors (Lipinski definition) is 1. The zero-order valence-corrected chi connectivity index (χ0v) is 16.7. The van der Waals surface area contributed by atoms with E-state index in [1.165, 1.54) is 0 Å². The van der Waals surface area contributed by atoms with E-state index in [0.717, 1.165) is 19.3 Å². The largest absolute Gasteiger partial charge is 0.444 e. The van der Waals surface area contributed by atoms with Gasteiger partial charge in [0.25, 0.3) is 0 Å². The van der Waals surface area contributed by atoms with Crippen molar-refractivity contribution in [2.45, 2.75) is 84.3 Å². The summed E-state index contributed by atoms with van der Waals surface area (Å²) in [5, 5.41) is 6.71. The van der Waals surface area contributed by atoms with Gasteiger partial charge in [0.1, 0.15) is 17.4 Å². The molecule has 0 aliphatic carbocycles. The van der Waals surface area contributed by atoms with Crippen LogP contribution in [0.2, 0.25) is 0 Å². The first-order valence-electron chi connectivity index (χ1n) is 9.25. The second-order valence-corrected chi connectivity index (χ2v) is 8.85. The molecule has 1 aliphatic rings. The first-order chi connectivity index (χ1) is 12.0. The molecule has 1 fully saturated rings. The molecule has 26 heavy (non-hydrogen) atoms. The van der Waals surface area contributed by atoms with E-state index >= 15 is 0 Å². The zero-order valence-electron chi connectivity index (χ0n) is 16.7. The Balaban J connectivity index is 2.12. The van der Waals surface area contributed by atoms with Crippen molar-refractivity contribution in [1.82, 2.24) is 10.1 Å². The summed E-state index contributed by atoms with van der Waals surface area (Å²) in [6.45, 7) is 12.0. The Kier molecular flexibility index (Phi) is 5.98. The fraction of sp³-hybridized carbons (Fsp3) is 0.737. The van der Waals surface area contributed by atoms with Crippen LogP contribution in [-0.2, 0) is 14.9 Å². The standard InChI is InChI=1S/C19H31N3O4/c1-18(2,3)14-12-15(21-26-14)20-16(23)13-10-8-7-9-11-22(13)17(24)25-19(4,5)6/h12-13H,7-11H2,1-6H3,(H,20,21,23)/t13-/m0/s1. The lowest BCUT2D eigenvalue weighted by atomic mass is 9.93. The van der Waals surface area contributed by atoms with Crippen LogP contribution in [0.25, 0.3) is 0 Å². The molecule has 7 nitrogen and oxygen atoms in total. The Morgan fingerprint density at radius 2 is 1.88 bits per heavy atom. The Morgan fingerprint density at radius 1 is 1.19 bits per heavy atom. The van der Waals surface area contributed by atoms with E-state index in [1.807, 2.05) is 41.5 Å². The number of ether oxygens (including phenoxy) is 1. The molecular formula is C19H31N3O4. The summed E-state index contributed by atoms with van der Waals surface area (Å²) in [6, 6.07) is 1.16. The molecular weight excluding hydrogens is 334 g/mol. The van der Waals surface area contributed by atoms with Crippen LogP contribution in [0.3, 0.4) is 0 Å². The zero-order chi connectivity index (χ0) is 19.5. The van der Waals surface area contributed by atoms with Crippen molar-refractivity contribution in [2.75, 3.05) is 11.9 Å². The average molecular weight is 365 g/mol. The van der Waals surface area contributed by atoms with Gasteiger partial charge in [-0.25, -0.2) is 4.79 Å². The highest BCUT2D eigenvalue weighted by molar-refractivity contribution is 5.95. The highest BCUT2D eigenvalue weighted by atomic mass is 16.6. The van der Waals surface area contributed by atoms with Crippen LogP contribution < -0.4 is 5.32 Å². The van der Waals surface area contributed by atoms with Gasteiger partial charge in [-0.05, 0) is 33.6 Å². The van der Waals surface area contributed by atoms with E-state index in [4.69, 9.17) is 9.26 Å². The van der Waals surface area contributed by atoms with Gasteiger partial charge >= 0.3 is 6.09 Å². The normalized spacial score (nSPS) is 19.0. The van der Waals surface area contributed by atoms with Crippen molar-refractivity contribution >= 4 is 17.8 Å². The van der Waals surface area contributed by atoms with E-state index in [2.05, 4.69) is 10.5 Å². The smallest absolute Gasteiger partial charge is 0.410 e. The summed E-state index contributed by atoms with van der Waals surface area (Å²) < 4.78 is 10.8. The van der Waals surface area contributed by atoms with E-state index < -0.39 is 17.7 Å². The molecule has 146 valence electrons. The molecule has 1 atom stereocenters. The van der Waals surface area contributed by atoms with Gasteiger partial charge in [0, 0.05) is 18.0 Å². The maximum Gasteiger partial charge on any atom is 0.410 e. The number of carbonyl (C=O) groups excluding carboxylic acids is 2. The SMILES string of the molecule is CC(C)(C)OC(=O)N1CCCCC[C@H]1C(=O)Nc1cc(C(C)(C)C)on1. The quantitative estimate of drug-likeness (QED) is 0.853. The van der Waals surface area contributed by atoms with Gasteiger partial charge in [0.15, 0.2) is 5.82 Å². The molecule has 1 aromatic heterocycles. The molecule has 0 spiro atoms. The van der Waals surface area contributed by atoms with Gasteiger partial charge in [-0.2, -0.15) is 0 Å². The molecule has 0 saturated carbocycles. The van der Waals surface area contributed by atoms with Crippen LogP contribution in [0.4, 0.5) is 10.6 Å². The minimum absolute atomic E-state index is 0.194. The molecule has 0 aromatic carbocycles. The number of aromatic nitrogens is 1. The summed E-state index contributed by atoms with van der Waals surface area (Å²) >= 11 is 0. The van der Waals surface area contributed by atoms with Gasteiger partial charge in [-0.3, -0.25) is 9.69 Å². The lowest BCUT2D eigenvalue weighted by Gasteiger charge is -2.31. The van der Waals surface area contributed by atoms with Crippen LogP contribution in [0.5, 0.6) is 0 Å². The predicted octanol–water partition coefficient (Wildman–Crippen LogP) is 4.09. The molecule has 7 heteroatoms. The minimum Gasteiger partial charge on any atom is -0.444 e. The van der Waals surface area contributed by atoms with Crippen molar-refractivity contribution in [3.63, 3.8) is 0 Å². The van der Waals surface area contributed by atoms with E-state index in [-0.39, 0.29) is 11.3 Å². The van der Waals surface area contributed by atoms with Gasteiger partial charge < -0.3 is 14.6 Å². The second-order valence-electron chi connectivity index (χ2n) is 8.85. The van der Waals surface area contributed by atoms with Crippen molar-refractivity contribution in [2.24, 2.45) is 0 Å². The summed E-state index contributed by atoms with van der Waals surface area (Å²) in [5.41, 5.74) is -0.793. The molecule has 1 saturated heterocycles. The van der Waals surface area contributed by atoms with Gasteiger partial charge in [0.2, 0.25) is 5.91 Å². The van der Waals surface area contributed by atoms with Gasteiger partial charge in [0.05, 0.1) is 0 Å². The third kappa shape index (κ3) is 5.47. The summed E-state index contributed by atoms with van der Waals surface area (Å²) in [6.07, 6.45) is 2.90. The lowest BCUT2D eigenvalue weighted by Crippen LogP contribution is -2.48. The number of carbonyl (C=O) groups is 2. The van der Waals surface area contributed by atoms with Gasteiger partial charge in [-0.1, -0.05) is 38.8 Å². The van der Waals surface area contributed by atoms with E-state index in [0.29, 0.717) is 24.5 Å². The Morgan fingerprint density at radius 3 is 2.46 bits per heavy atom. The highest BCUT2D eigenvalue weighted by Gasteiger charge is 2.34. The van der Waals surface area contributed by atoms with Crippen LogP contribution in [-0.4, -0.2) is 40.2 Å². The first kappa shape index (κ1) is 20.3. The number of rotatable bonds is 2.